The van der Waals surface area contributed by atoms with Crippen molar-refractivity contribution in [2.24, 2.45) is 11.6 Å². The van der Waals surface area contributed by atoms with E-state index >= 15 is 0 Å². The van der Waals surface area contributed by atoms with Crippen LogP contribution in [0.25, 0.3) is 0 Å². The third kappa shape index (κ3) is 3.96. The van der Waals surface area contributed by atoms with E-state index in [1.165, 1.54) is 33.4 Å². The van der Waals surface area contributed by atoms with E-state index in [-0.39, 0.29) is 12.6 Å². The van der Waals surface area contributed by atoms with Crippen LogP contribution >= 0.6 is 0 Å². The second-order valence-electron chi connectivity index (χ2n) is 7.76. The molecule has 1 spiro atoms. The van der Waals surface area contributed by atoms with E-state index in [9.17, 15) is 14.0 Å². The summed E-state index contributed by atoms with van der Waals surface area (Å²) < 4.78 is 20.5. The third-order valence-corrected chi connectivity index (χ3v) is 5.84. The Morgan fingerprint density at radius 2 is 2.23 bits per heavy atom. The minimum Gasteiger partial charge on any atom is -0.438 e. The predicted octanol–water partition coefficient (Wildman–Crippen LogP) is -0.955. The van der Waals surface area contributed by atoms with Gasteiger partial charge in [-0.1, -0.05) is 0 Å². The van der Waals surface area contributed by atoms with Crippen LogP contribution < -0.4 is 26.8 Å². The zero-order valence-electron chi connectivity index (χ0n) is 16.9. The van der Waals surface area contributed by atoms with Gasteiger partial charge in [0, 0.05) is 38.5 Å². The highest BCUT2D eigenvalue weighted by Gasteiger charge is 2.65. The number of halogens is 1. The lowest BCUT2D eigenvalue weighted by atomic mass is 10.2. The van der Waals surface area contributed by atoms with Gasteiger partial charge in [-0.3, -0.25) is 14.7 Å². The zero-order chi connectivity index (χ0) is 22.2. The summed E-state index contributed by atoms with van der Waals surface area (Å²) in [4.78, 5) is 27.3. The molecule has 6 N–H and O–H groups in total. The van der Waals surface area contributed by atoms with Crippen molar-refractivity contribution in [3.8, 4) is 0 Å². The van der Waals surface area contributed by atoms with E-state index in [0.29, 0.717) is 44.0 Å². The van der Waals surface area contributed by atoms with Crippen molar-refractivity contribution in [2.45, 2.75) is 18.1 Å². The van der Waals surface area contributed by atoms with E-state index in [1.54, 1.807) is 12.1 Å². The molecule has 3 fully saturated rings. The van der Waals surface area contributed by atoms with Crippen molar-refractivity contribution in [3.05, 3.63) is 36.4 Å². The van der Waals surface area contributed by atoms with E-state index in [2.05, 4.69) is 5.43 Å². The molecule has 2 aliphatic heterocycles. The molecule has 1 aromatic carbocycles. The van der Waals surface area contributed by atoms with E-state index in [4.69, 9.17) is 21.4 Å². The molecule has 1 saturated carbocycles. The summed E-state index contributed by atoms with van der Waals surface area (Å²) in [5.74, 6) is 4.98. The topological polar surface area (TPSA) is 141 Å². The van der Waals surface area contributed by atoms with Crippen molar-refractivity contribution in [3.63, 3.8) is 0 Å². The van der Waals surface area contributed by atoms with E-state index < -0.39 is 30.0 Å². The maximum atomic E-state index is 15.0. The Kier molecular flexibility index (Phi) is 5.60. The molecular formula is C19H26FN7O4. The van der Waals surface area contributed by atoms with Gasteiger partial charge >= 0.3 is 6.09 Å². The minimum atomic E-state index is -0.723. The first-order chi connectivity index (χ1) is 14.9. The summed E-state index contributed by atoms with van der Waals surface area (Å²) in [5, 5.41) is 11.8. The minimum absolute atomic E-state index is 0.181. The van der Waals surface area contributed by atoms with Crippen molar-refractivity contribution in [2.75, 3.05) is 49.1 Å². The first-order valence-corrected chi connectivity index (χ1v) is 10.00. The number of amides is 2. The first kappa shape index (κ1) is 21.2. The van der Waals surface area contributed by atoms with Crippen LogP contribution in [0.15, 0.2) is 30.6 Å². The zero-order valence-corrected chi connectivity index (χ0v) is 16.9. The Hall–Kier alpha value is -3.09. The van der Waals surface area contributed by atoms with Crippen LogP contribution in [0.4, 0.5) is 20.6 Å². The Morgan fingerprint density at radius 1 is 1.42 bits per heavy atom. The monoisotopic (exact) mass is 435 g/mol. The number of nitrogens with two attached hydrogens (primary N) is 2. The summed E-state index contributed by atoms with van der Waals surface area (Å²) in [5.41, 5.74) is 8.32. The Balaban J connectivity index is 1.45. The SMILES string of the molecule is NC=CN(N)C1CC12CN(c1ccc(N3CCNN(C(=O)CO)CC3)c(F)c1)C(=O)O2. The number of aliphatic hydroxyl groups excluding tert-OH is 1. The summed E-state index contributed by atoms with van der Waals surface area (Å²) in [6.07, 6.45) is 2.85. The van der Waals surface area contributed by atoms with Gasteiger partial charge in [-0.25, -0.2) is 20.5 Å². The number of hydrazine groups is 2. The average molecular weight is 435 g/mol. The molecule has 0 radical (unpaired) electrons. The van der Waals surface area contributed by atoms with Crippen molar-refractivity contribution < 1.29 is 23.8 Å². The van der Waals surface area contributed by atoms with E-state index in [0.717, 1.165) is 0 Å². The third-order valence-electron chi connectivity index (χ3n) is 5.84. The molecule has 2 heterocycles. The van der Waals surface area contributed by atoms with E-state index in [1.807, 2.05) is 4.90 Å². The van der Waals surface area contributed by atoms with Crippen molar-refractivity contribution >= 4 is 23.4 Å². The first-order valence-electron chi connectivity index (χ1n) is 10.00. The van der Waals surface area contributed by atoms with Crippen molar-refractivity contribution in [1.82, 2.24) is 15.4 Å². The van der Waals surface area contributed by atoms with Crippen LogP contribution in [0.3, 0.4) is 0 Å². The molecule has 2 unspecified atom stereocenters. The van der Waals surface area contributed by atoms with Gasteiger partial charge in [-0.05, 0) is 18.2 Å². The number of anilines is 2. The maximum Gasteiger partial charge on any atom is 0.415 e. The maximum absolute atomic E-state index is 15.0. The summed E-state index contributed by atoms with van der Waals surface area (Å²) in [6.45, 7) is 1.27. The fraction of sp³-hybridized carbons (Fsp3) is 0.474. The largest absolute Gasteiger partial charge is 0.438 e. The van der Waals surface area contributed by atoms with Crippen LogP contribution in [0.5, 0.6) is 0 Å². The number of carbonyl (C=O) groups is 2. The summed E-state index contributed by atoms with van der Waals surface area (Å²) >= 11 is 0. The van der Waals surface area contributed by atoms with Crippen LogP contribution in [0.2, 0.25) is 0 Å². The number of carbonyl (C=O) groups excluding carboxylic acids is 2. The second-order valence-corrected chi connectivity index (χ2v) is 7.76. The summed E-state index contributed by atoms with van der Waals surface area (Å²) in [6, 6.07) is 4.41. The predicted molar refractivity (Wildman–Crippen MR) is 110 cm³/mol. The van der Waals surface area contributed by atoms with Gasteiger partial charge < -0.3 is 25.5 Å². The van der Waals surface area contributed by atoms with Gasteiger partial charge in [0.25, 0.3) is 5.91 Å². The van der Waals surface area contributed by atoms with Crippen LogP contribution in [0.1, 0.15) is 6.42 Å². The lowest BCUT2D eigenvalue weighted by Crippen LogP contribution is -2.45. The van der Waals surface area contributed by atoms with Crippen LogP contribution in [-0.4, -0.2) is 78.1 Å². The molecule has 1 aliphatic carbocycles. The molecule has 168 valence electrons. The van der Waals surface area contributed by atoms with Gasteiger partial charge in [0.15, 0.2) is 5.60 Å². The molecule has 0 aromatic heterocycles. The molecule has 3 aliphatic rings. The number of hydrogen-bond donors (Lipinski definition) is 4. The summed E-state index contributed by atoms with van der Waals surface area (Å²) in [7, 11) is 0. The highest BCUT2D eigenvalue weighted by molar-refractivity contribution is 5.91. The molecule has 4 rings (SSSR count). The smallest absolute Gasteiger partial charge is 0.415 e. The number of benzene rings is 1. The molecule has 11 nitrogen and oxygen atoms in total. The van der Waals surface area contributed by atoms with Gasteiger partial charge in [0.05, 0.1) is 30.5 Å². The van der Waals surface area contributed by atoms with Gasteiger partial charge in [-0.15, -0.1) is 0 Å². The number of ether oxygens (including phenoxy) is 1. The standard InChI is InChI=1S/C19H26FN7O4/c20-14-9-13(25-12-19(31-18(25)30)10-16(19)26(22)5-3-21)1-2-15(14)24-6-4-23-27(8-7-24)17(29)11-28/h1-3,5,9,16,23,28H,4,6-8,10-12,21-22H2. The lowest BCUT2D eigenvalue weighted by molar-refractivity contribution is -0.136. The molecule has 2 amide bonds. The molecule has 2 atom stereocenters. The Labute approximate surface area is 178 Å². The Morgan fingerprint density at radius 3 is 2.94 bits per heavy atom. The quantitative estimate of drug-likeness (QED) is 0.340. The molecule has 12 heteroatoms. The lowest BCUT2D eigenvalue weighted by Gasteiger charge is -2.24. The number of nitrogens with zero attached hydrogens (tertiary/aromatic N) is 4. The number of rotatable bonds is 5. The molecule has 1 aromatic rings. The number of hydrogen-bond acceptors (Lipinski definition) is 9. The van der Waals surface area contributed by atoms with Crippen molar-refractivity contribution in [1.29, 1.82) is 0 Å². The fourth-order valence-electron chi connectivity index (χ4n) is 4.11. The van der Waals surface area contributed by atoms with Gasteiger partial charge in [0.2, 0.25) is 0 Å². The fourth-order valence-corrected chi connectivity index (χ4v) is 4.11. The molecular weight excluding hydrogens is 409 g/mol. The number of nitrogens with one attached hydrogen (secondary N) is 1. The van der Waals surface area contributed by atoms with Gasteiger partial charge in [-0.2, -0.15) is 0 Å². The normalized spacial score (nSPS) is 25.8. The van der Waals surface area contributed by atoms with Crippen LogP contribution in [0, 0.1) is 5.82 Å². The highest BCUT2D eigenvalue weighted by Crippen LogP contribution is 2.48. The molecule has 31 heavy (non-hydrogen) atoms. The van der Waals surface area contributed by atoms with Gasteiger partial charge in [0.1, 0.15) is 12.4 Å². The highest BCUT2D eigenvalue weighted by atomic mass is 19.1. The average Bonchev–Trinajstić information content (AvgIpc) is 3.42. The second kappa shape index (κ2) is 8.21. The molecule has 0 bridgehead atoms. The Bertz CT molecular complexity index is 900. The van der Waals surface area contributed by atoms with Crippen LogP contribution in [-0.2, 0) is 9.53 Å². The number of aliphatic hydroxyl groups is 1. The molecule has 2 saturated heterocycles.